The molecule has 5 nitrogen and oxygen atoms in total. The second kappa shape index (κ2) is 7.22. The molecule has 0 unspecified atom stereocenters. The van der Waals surface area contributed by atoms with E-state index < -0.39 is 10.2 Å². The minimum atomic E-state index is -3.25. The van der Waals surface area contributed by atoms with Gasteiger partial charge in [0.25, 0.3) is 10.2 Å². The Bertz CT molecular complexity index is 363. The number of nitrogens with one attached hydrogen (secondary N) is 1. The molecule has 7 heteroatoms. The summed E-state index contributed by atoms with van der Waals surface area (Å²) in [5.74, 6) is 0.653. The predicted molar refractivity (Wildman–Crippen MR) is 79.8 cm³/mol. The predicted octanol–water partition coefficient (Wildman–Crippen LogP) is 1.07. The molecule has 0 amide bonds. The molecule has 0 spiro atoms. The fraction of sp³-hybridized carbons (Fsp3) is 1.00. The van der Waals surface area contributed by atoms with Crippen LogP contribution in [-0.4, -0.2) is 56.3 Å². The molecular weight excluding hydrogens is 286 g/mol. The molecule has 0 atom stereocenters. The van der Waals surface area contributed by atoms with Crippen LogP contribution >= 0.6 is 12.4 Å². The molecule has 2 aliphatic heterocycles. The van der Waals surface area contributed by atoms with Crippen molar-refractivity contribution in [2.24, 2.45) is 5.92 Å². The summed E-state index contributed by atoms with van der Waals surface area (Å²) in [7, 11) is -1.51. The van der Waals surface area contributed by atoms with Crippen LogP contribution in [0.25, 0.3) is 0 Å². The minimum Gasteiger partial charge on any atom is -0.317 e. The lowest BCUT2D eigenvalue weighted by atomic mass is 10.0. The number of hydrogen-bond donors (Lipinski definition) is 1. The van der Waals surface area contributed by atoms with E-state index >= 15 is 0 Å². The van der Waals surface area contributed by atoms with Gasteiger partial charge >= 0.3 is 0 Å². The van der Waals surface area contributed by atoms with Crippen LogP contribution < -0.4 is 5.32 Å². The Balaban J connectivity index is 0.00000180. The highest BCUT2D eigenvalue weighted by Gasteiger charge is 2.34. The number of nitrogens with zero attached hydrogens (tertiary/aromatic N) is 2. The summed E-state index contributed by atoms with van der Waals surface area (Å²) in [4.78, 5) is 0. The van der Waals surface area contributed by atoms with Gasteiger partial charge in [-0.2, -0.15) is 17.0 Å². The van der Waals surface area contributed by atoms with Crippen molar-refractivity contribution < 1.29 is 8.42 Å². The van der Waals surface area contributed by atoms with Gasteiger partial charge in [-0.1, -0.05) is 6.92 Å². The highest BCUT2D eigenvalue weighted by molar-refractivity contribution is 7.86. The maximum absolute atomic E-state index is 12.5. The largest absolute Gasteiger partial charge is 0.317 e. The molecule has 2 heterocycles. The first-order valence-corrected chi connectivity index (χ1v) is 8.35. The third kappa shape index (κ3) is 4.04. The van der Waals surface area contributed by atoms with Crippen molar-refractivity contribution in [3.63, 3.8) is 0 Å². The molecule has 0 aromatic heterocycles. The van der Waals surface area contributed by atoms with Crippen molar-refractivity contribution in [1.29, 1.82) is 0 Å². The topological polar surface area (TPSA) is 52.7 Å². The van der Waals surface area contributed by atoms with Gasteiger partial charge in [0, 0.05) is 26.2 Å². The molecule has 2 saturated heterocycles. The summed E-state index contributed by atoms with van der Waals surface area (Å²) in [6.07, 6.45) is 3.80. The first-order valence-electron chi connectivity index (χ1n) is 6.95. The second-order valence-electron chi connectivity index (χ2n) is 5.59. The third-order valence-electron chi connectivity index (χ3n) is 4.26. The van der Waals surface area contributed by atoms with E-state index in [4.69, 9.17) is 0 Å². The highest BCUT2D eigenvalue weighted by Crippen LogP contribution is 2.22. The van der Waals surface area contributed by atoms with Crippen molar-refractivity contribution in [2.45, 2.75) is 38.6 Å². The third-order valence-corrected chi connectivity index (χ3v) is 6.30. The van der Waals surface area contributed by atoms with E-state index in [-0.39, 0.29) is 18.4 Å². The molecule has 0 saturated carbocycles. The maximum Gasteiger partial charge on any atom is 0.281 e. The summed E-state index contributed by atoms with van der Waals surface area (Å²) in [5, 5.41) is 3.27. The van der Waals surface area contributed by atoms with E-state index in [2.05, 4.69) is 12.2 Å². The summed E-state index contributed by atoms with van der Waals surface area (Å²) in [6, 6.07) is 0.163. The average Bonchev–Trinajstić information content (AvgIpc) is 2.39. The summed E-state index contributed by atoms with van der Waals surface area (Å²) >= 11 is 0. The van der Waals surface area contributed by atoms with Crippen molar-refractivity contribution in [3.8, 4) is 0 Å². The zero-order valence-electron chi connectivity index (χ0n) is 11.8. The van der Waals surface area contributed by atoms with Gasteiger partial charge in [0.1, 0.15) is 0 Å². The molecule has 1 N–H and O–H groups in total. The van der Waals surface area contributed by atoms with Crippen LogP contribution in [0.2, 0.25) is 0 Å². The lowest BCUT2D eigenvalue weighted by molar-refractivity contribution is 0.240. The molecule has 0 radical (unpaired) electrons. The Morgan fingerprint density at radius 2 is 1.63 bits per heavy atom. The Hall–Kier alpha value is 0.120. The SMILES string of the molecule is CC1CCN(S(=O)(=O)N(C)C2CCNCC2)CC1.Cl. The Morgan fingerprint density at radius 1 is 1.11 bits per heavy atom. The zero-order valence-corrected chi connectivity index (χ0v) is 13.5. The van der Waals surface area contributed by atoms with Crippen LogP contribution in [0.3, 0.4) is 0 Å². The van der Waals surface area contributed by atoms with Crippen LogP contribution in [0.4, 0.5) is 0 Å². The van der Waals surface area contributed by atoms with Gasteiger partial charge in [-0.25, -0.2) is 0 Å². The molecule has 2 aliphatic rings. The number of rotatable bonds is 3. The number of halogens is 1. The van der Waals surface area contributed by atoms with Crippen molar-refractivity contribution in [1.82, 2.24) is 13.9 Å². The van der Waals surface area contributed by atoms with Gasteiger partial charge in [-0.3, -0.25) is 0 Å². The van der Waals surface area contributed by atoms with Crippen molar-refractivity contribution in [3.05, 3.63) is 0 Å². The van der Waals surface area contributed by atoms with E-state index in [1.807, 2.05) is 0 Å². The normalized spacial score (nSPS) is 24.4. The molecule has 0 aliphatic carbocycles. The highest BCUT2D eigenvalue weighted by atomic mass is 35.5. The lowest BCUT2D eigenvalue weighted by Gasteiger charge is -2.37. The number of hydrogen-bond acceptors (Lipinski definition) is 3. The second-order valence-corrected chi connectivity index (χ2v) is 7.57. The van der Waals surface area contributed by atoms with Crippen LogP contribution in [0.5, 0.6) is 0 Å². The van der Waals surface area contributed by atoms with Crippen molar-refractivity contribution in [2.75, 3.05) is 33.2 Å². The minimum absolute atomic E-state index is 0. The summed E-state index contributed by atoms with van der Waals surface area (Å²) in [6.45, 7) is 5.39. The van der Waals surface area contributed by atoms with Crippen molar-refractivity contribution >= 4 is 22.6 Å². The van der Waals surface area contributed by atoms with E-state index in [1.54, 1.807) is 15.7 Å². The fourth-order valence-electron chi connectivity index (χ4n) is 2.76. The van der Waals surface area contributed by atoms with E-state index in [9.17, 15) is 8.42 Å². The first kappa shape index (κ1) is 17.2. The number of piperidine rings is 2. The zero-order chi connectivity index (χ0) is 13.2. The first-order chi connectivity index (χ1) is 8.51. The Morgan fingerprint density at radius 3 is 2.16 bits per heavy atom. The smallest absolute Gasteiger partial charge is 0.281 e. The molecule has 0 bridgehead atoms. The Kier molecular flexibility index (Phi) is 6.53. The van der Waals surface area contributed by atoms with Gasteiger partial charge in [0.05, 0.1) is 0 Å². The fourth-order valence-corrected chi connectivity index (χ4v) is 4.38. The van der Waals surface area contributed by atoms with Gasteiger partial charge in [-0.15, -0.1) is 12.4 Å². The monoisotopic (exact) mass is 311 g/mol. The molecule has 0 aromatic carbocycles. The molecule has 2 fully saturated rings. The maximum atomic E-state index is 12.5. The standard InChI is InChI=1S/C12H25N3O2S.ClH/c1-11-5-9-15(10-6-11)18(16,17)14(2)12-3-7-13-8-4-12;/h11-13H,3-10H2,1-2H3;1H. The van der Waals surface area contributed by atoms with E-state index in [1.165, 1.54) is 0 Å². The van der Waals surface area contributed by atoms with Gasteiger partial charge in [0.2, 0.25) is 0 Å². The molecule has 114 valence electrons. The molecule has 0 aromatic rings. The van der Waals surface area contributed by atoms with Gasteiger partial charge in [0.15, 0.2) is 0 Å². The van der Waals surface area contributed by atoms with Crippen LogP contribution in [0.15, 0.2) is 0 Å². The lowest BCUT2D eigenvalue weighted by Crippen LogP contribution is -2.51. The van der Waals surface area contributed by atoms with Crippen LogP contribution in [0, 0.1) is 5.92 Å². The molecule has 19 heavy (non-hydrogen) atoms. The Labute approximate surface area is 123 Å². The van der Waals surface area contributed by atoms with Crippen LogP contribution in [0.1, 0.15) is 32.6 Å². The quantitative estimate of drug-likeness (QED) is 0.848. The van der Waals surface area contributed by atoms with E-state index in [0.29, 0.717) is 19.0 Å². The van der Waals surface area contributed by atoms with Gasteiger partial charge < -0.3 is 5.32 Å². The molecular formula is C12H26ClN3O2S. The van der Waals surface area contributed by atoms with E-state index in [0.717, 1.165) is 38.8 Å². The summed E-state index contributed by atoms with van der Waals surface area (Å²) < 4.78 is 28.3. The average molecular weight is 312 g/mol. The van der Waals surface area contributed by atoms with Crippen LogP contribution in [-0.2, 0) is 10.2 Å². The van der Waals surface area contributed by atoms with Gasteiger partial charge in [-0.05, 0) is 44.7 Å². The summed E-state index contributed by atoms with van der Waals surface area (Å²) in [5.41, 5.74) is 0. The molecule has 2 rings (SSSR count).